The molecule has 0 radical (unpaired) electrons. The van der Waals surface area contributed by atoms with E-state index in [-0.39, 0.29) is 31.7 Å². The molecule has 1 aromatic heterocycles. The van der Waals surface area contributed by atoms with E-state index in [0.717, 1.165) is 49.7 Å². The molecule has 0 saturated heterocycles. The third kappa shape index (κ3) is 7.53. The fraction of sp³-hybridized carbons (Fsp3) is 0.593. The molecular formula is C27H36N2O9. The molecule has 0 saturated carbocycles. The zero-order valence-corrected chi connectivity index (χ0v) is 21.6. The van der Waals surface area contributed by atoms with Crippen LogP contribution >= 0.6 is 0 Å². The lowest BCUT2D eigenvalue weighted by molar-refractivity contribution is -0.138. The van der Waals surface area contributed by atoms with Crippen molar-refractivity contribution in [1.82, 2.24) is 5.32 Å². The second-order valence-electron chi connectivity index (χ2n) is 9.27. The van der Waals surface area contributed by atoms with Crippen LogP contribution in [0, 0.1) is 0 Å². The Morgan fingerprint density at radius 2 is 1.53 bits per heavy atom. The van der Waals surface area contributed by atoms with Gasteiger partial charge in [-0.05, 0) is 43.4 Å². The van der Waals surface area contributed by atoms with E-state index in [2.05, 4.69) is 16.3 Å². The highest BCUT2D eigenvalue weighted by atomic mass is 16.6. The monoisotopic (exact) mass is 532 g/mol. The van der Waals surface area contributed by atoms with Crippen molar-refractivity contribution in [2.24, 2.45) is 0 Å². The van der Waals surface area contributed by atoms with E-state index in [1.807, 2.05) is 0 Å². The van der Waals surface area contributed by atoms with Crippen LogP contribution in [0.5, 0.6) is 0 Å². The van der Waals surface area contributed by atoms with E-state index < -0.39 is 17.5 Å². The number of fused-ring (bicyclic) bond motifs is 2. The highest BCUT2D eigenvalue weighted by Gasteiger charge is 2.27. The number of nitrogens with one attached hydrogen (secondary N) is 1. The van der Waals surface area contributed by atoms with Gasteiger partial charge in [-0.2, -0.15) is 0 Å². The lowest BCUT2D eigenvalue weighted by atomic mass is 9.90. The smallest absolute Gasteiger partial charge is 0.349 e. The van der Waals surface area contributed by atoms with Crippen molar-refractivity contribution in [3.8, 4) is 0 Å². The quantitative estimate of drug-likeness (QED) is 0.243. The molecule has 1 aromatic carbocycles. The number of carbonyl (C=O) groups is 2. The first kappa shape index (κ1) is 28.0. The number of hydrogen-bond donors (Lipinski definition) is 2. The normalized spacial score (nSPS) is 14.5. The van der Waals surface area contributed by atoms with Crippen molar-refractivity contribution < 1.29 is 38.1 Å². The average Bonchev–Trinajstić information content (AvgIpc) is 2.91. The zero-order chi connectivity index (χ0) is 26.7. The van der Waals surface area contributed by atoms with Crippen LogP contribution in [0.4, 0.5) is 5.69 Å². The third-order valence-electron chi connectivity index (χ3n) is 6.57. The third-order valence-corrected chi connectivity index (χ3v) is 6.57. The Kier molecular flexibility index (Phi) is 10.5. The molecule has 3 heterocycles. The molecule has 0 spiro atoms. The molecule has 2 N–H and O–H groups in total. The first-order valence-electron chi connectivity index (χ1n) is 13.2. The molecule has 0 unspecified atom stereocenters. The van der Waals surface area contributed by atoms with Crippen LogP contribution in [0.25, 0.3) is 11.0 Å². The maximum absolute atomic E-state index is 12.7. The summed E-state index contributed by atoms with van der Waals surface area (Å²) in [5.41, 5.74) is 3.57. The average molecular weight is 533 g/mol. The Balaban J connectivity index is 1.13. The summed E-state index contributed by atoms with van der Waals surface area (Å²) in [5.74, 6) is -1.36. The van der Waals surface area contributed by atoms with Crippen LogP contribution in [-0.4, -0.2) is 89.5 Å². The SMILES string of the molecule is O=C(O)CCOCCOCCOCCOCCNC(=O)c1cc2cc3c4c(c2oc1=O)CCCN4CCC3. The van der Waals surface area contributed by atoms with Crippen LogP contribution in [0.1, 0.15) is 40.7 Å². The number of benzene rings is 1. The van der Waals surface area contributed by atoms with Gasteiger partial charge in [0.25, 0.3) is 5.91 Å². The predicted octanol–water partition coefficient (Wildman–Crippen LogP) is 1.76. The van der Waals surface area contributed by atoms with Gasteiger partial charge in [0.2, 0.25) is 0 Å². The molecule has 11 nitrogen and oxygen atoms in total. The molecule has 38 heavy (non-hydrogen) atoms. The highest BCUT2D eigenvalue weighted by molar-refractivity contribution is 5.98. The van der Waals surface area contributed by atoms with Crippen molar-refractivity contribution in [1.29, 1.82) is 0 Å². The molecule has 2 aliphatic heterocycles. The van der Waals surface area contributed by atoms with Gasteiger partial charge in [-0.1, -0.05) is 0 Å². The van der Waals surface area contributed by atoms with Gasteiger partial charge in [0.1, 0.15) is 11.1 Å². The number of carboxylic acids is 1. The summed E-state index contributed by atoms with van der Waals surface area (Å²) in [6.45, 7) is 5.03. The van der Waals surface area contributed by atoms with Crippen molar-refractivity contribution in [2.75, 3.05) is 77.4 Å². The first-order valence-corrected chi connectivity index (χ1v) is 13.2. The number of aliphatic carboxylic acids is 1. The Morgan fingerprint density at radius 1 is 0.895 bits per heavy atom. The molecule has 0 bridgehead atoms. The largest absolute Gasteiger partial charge is 0.481 e. The van der Waals surface area contributed by atoms with E-state index in [9.17, 15) is 14.4 Å². The standard InChI is InChI=1S/C27H36N2O9/c30-23(31)5-9-34-11-13-36-15-16-37-14-12-35-10-6-28-26(32)22-18-20-17-19-3-1-7-29-8-2-4-21(24(19)29)25(20)38-27(22)33/h17-18H,1-16H2,(H,28,32)(H,30,31). The minimum absolute atomic E-state index is 0.00347. The first-order chi connectivity index (χ1) is 18.5. The topological polar surface area (TPSA) is 137 Å². The maximum Gasteiger partial charge on any atom is 0.349 e. The Hall–Kier alpha value is -2.99. The van der Waals surface area contributed by atoms with E-state index >= 15 is 0 Å². The Bertz CT molecular complexity index is 1160. The molecule has 0 atom stereocenters. The fourth-order valence-corrected chi connectivity index (χ4v) is 4.86. The van der Waals surface area contributed by atoms with Gasteiger partial charge in [0, 0.05) is 36.3 Å². The molecular weight excluding hydrogens is 496 g/mol. The van der Waals surface area contributed by atoms with E-state index in [0.29, 0.717) is 45.2 Å². The summed E-state index contributed by atoms with van der Waals surface area (Å²) in [7, 11) is 0. The predicted molar refractivity (Wildman–Crippen MR) is 139 cm³/mol. The van der Waals surface area contributed by atoms with Crippen molar-refractivity contribution in [3.63, 3.8) is 0 Å². The van der Waals surface area contributed by atoms with Crippen molar-refractivity contribution in [3.05, 3.63) is 39.2 Å². The van der Waals surface area contributed by atoms with Crippen LogP contribution in [0.15, 0.2) is 21.3 Å². The molecule has 0 aliphatic carbocycles. The van der Waals surface area contributed by atoms with Gasteiger partial charge in [-0.15, -0.1) is 0 Å². The molecule has 1 amide bonds. The van der Waals surface area contributed by atoms with Crippen LogP contribution < -0.4 is 15.8 Å². The number of anilines is 1. The number of amides is 1. The molecule has 0 fully saturated rings. The summed E-state index contributed by atoms with van der Waals surface area (Å²) in [4.78, 5) is 38.1. The molecule has 208 valence electrons. The van der Waals surface area contributed by atoms with Crippen LogP contribution in [0.3, 0.4) is 0 Å². The van der Waals surface area contributed by atoms with Gasteiger partial charge in [-0.25, -0.2) is 4.79 Å². The van der Waals surface area contributed by atoms with Gasteiger partial charge in [-0.3, -0.25) is 9.59 Å². The number of carboxylic acid groups (broad SMARTS) is 1. The number of ether oxygens (including phenoxy) is 4. The minimum atomic E-state index is -0.889. The fourth-order valence-electron chi connectivity index (χ4n) is 4.86. The molecule has 11 heteroatoms. The van der Waals surface area contributed by atoms with Gasteiger partial charge < -0.3 is 38.7 Å². The zero-order valence-electron chi connectivity index (χ0n) is 21.6. The summed E-state index contributed by atoms with van der Waals surface area (Å²) >= 11 is 0. The summed E-state index contributed by atoms with van der Waals surface area (Å²) in [6.07, 6.45) is 3.99. The lowest BCUT2D eigenvalue weighted by Crippen LogP contribution is -2.35. The van der Waals surface area contributed by atoms with Crippen LogP contribution in [0.2, 0.25) is 0 Å². The summed E-state index contributed by atoms with van der Waals surface area (Å²) in [6, 6.07) is 3.72. The van der Waals surface area contributed by atoms with Gasteiger partial charge >= 0.3 is 11.6 Å². The van der Waals surface area contributed by atoms with Crippen molar-refractivity contribution >= 4 is 28.5 Å². The van der Waals surface area contributed by atoms with E-state index in [1.165, 1.54) is 11.3 Å². The van der Waals surface area contributed by atoms with E-state index in [1.54, 1.807) is 6.07 Å². The van der Waals surface area contributed by atoms with E-state index in [4.69, 9.17) is 28.5 Å². The maximum atomic E-state index is 12.7. The molecule has 2 aromatic rings. The number of aryl methyl sites for hydroxylation is 2. The Morgan fingerprint density at radius 3 is 2.21 bits per heavy atom. The summed E-state index contributed by atoms with van der Waals surface area (Å²) in [5, 5.41) is 12.0. The summed E-state index contributed by atoms with van der Waals surface area (Å²) < 4.78 is 27.0. The lowest BCUT2D eigenvalue weighted by Gasteiger charge is -2.37. The minimum Gasteiger partial charge on any atom is -0.481 e. The van der Waals surface area contributed by atoms with Gasteiger partial charge in [0.05, 0.1) is 59.3 Å². The second kappa shape index (κ2) is 14.2. The number of hydrogen-bond acceptors (Lipinski definition) is 9. The van der Waals surface area contributed by atoms with Gasteiger partial charge in [0.15, 0.2) is 0 Å². The number of carbonyl (C=O) groups excluding carboxylic acids is 1. The second-order valence-corrected chi connectivity index (χ2v) is 9.27. The van der Waals surface area contributed by atoms with Crippen molar-refractivity contribution in [2.45, 2.75) is 32.1 Å². The molecule has 2 aliphatic rings. The molecule has 4 rings (SSSR count). The highest BCUT2D eigenvalue weighted by Crippen LogP contribution is 2.39. The van der Waals surface area contributed by atoms with Crippen LogP contribution in [-0.2, 0) is 36.6 Å². The number of nitrogens with zero attached hydrogens (tertiary/aromatic N) is 1. The Labute approximate surface area is 221 Å². The number of rotatable bonds is 16.